The van der Waals surface area contributed by atoms with Crippen LogP contribution in [0.15, 0.2) is 24.3 Å². The van der Waals surface area contributed by atoms with Gasteiger partial charge >= 0.3 is 0 Å². The molecule has 0 aliphatic heterocycles. The third kappa shape index (κ3) is 3.46. The Labute approximate surface area is 104 Å². The van der Waals surface area contributed by atoms with Crippen molar-refractivity contribution in [3.8, 4) is 0 Å². The quantitative estimate of drug-likeness (QED) is 0.498. The lowest BCUT2D eigenvalue weighted by molar-refractivity contribution is -0.00000305. The Bertz CT molecular complexity index is 272. The first-order valence-corrected chi connectivity index (χ1v) is 4.50. The zero-order valence-corrected chi connectivity index (χ0v) is 11.7. The van der Waals surface area contributed by atoms with E-state index in [9.17, 15) is 0 Å². The van der Waals surface area contributed by atoms with E-state index in [1.54, 1.807) is 0 Å². The third-order valence-corrected chi connectivity index (χ3v) is 2.14. The number of anilines is 1. The molecule has 1 aromatic rings. The number of halogens is 1. The van der Waals surface area contributed by atoms with Crippen molar-refractivity contribution in [2.75, 3.05) is 40.1 Å². The SMILES string of the molecule is CN(C)c1ccc([N+](C)(C)C)cc1.[I-]. The van der Waals surface area contributed by atoms with Crippen LogP contribution >= 0.6 is 0 Å². The molecule has 3 heteroatoms. The summed E-state index contributed by atoms with van der Waals surface area (Å²) in [5, 5.41) is 0. The molecule has 0 atom stereocenters. The highest BCUT2D eigenvalue weighted by Gasteiger charge is 2.10. The number of quaternary nitrogens is 1. The predicted molar refractivity (Wildman–Crippen MR) is 60.3 cm³/mol. The van der Waals surface area contributed by atoms with Gasteiger partial charge in [-0.3, -0.25) is 4.48 Å². The third-order valence-electron chi connectivity index (χ3n) is 2.14. The number of rotatable bonds is 2. The smallest absolute Gasteiger partial charge is 0.132 e. The van der Waals surface area contributed by atoms with Crippen molar-refractivity contribution in [2.45, 2.75) is 0 Å². The number of hydrogen-bond donors (Lipinski definition) is 0. The molecule has 0 aromatic heterocycles. The normalized spacial score (nSPS) is 10.6. The second-order valence-corrected chi connectivity index (χ2v) is 4.42. The van der Waals surface area contributed by atoms with Crippen LogP contribution in [0.5, 0.6) is 0 Å². The Balaban J connectivity index is 0.00000169. The number of benzene rings is 1. The Morgan fingerprint density at radius 2 is 1.36 bits per heavy atom. The van der Waals surface area contributed by atoms with Crippen LogP contribution in [0.2, 0.25) is 0 Å². The molecule has 0 saturated heterocycles. The average molecular weight is 306 g/mol. The second-order valence-electron chi connectivity index (χ2n) is 4.42. The summed E-state index contributed by atoms with van der Waals surface area (Å²) in [5.41, 5.74) is 2.57. The zero-order valence-electron chi connectivity index (χ0n) is 9.58. The standard InChI is InChI=1S/C11H19N2.HI/c1-12(2)10-6-8-11(9-7-10)13(3,4)5;/h6-9H,1-5H3;1H/q+1;/p-1. The van der Waals surface area contributed by atoms with Crippen LogP contribution in [-0.2, 0) is 0 Å². The summed E-state index contributed by atoms with van der Waals surface area (Å²) in [6.45, 7) is 0. The van der Waals surface area contributed by atoms with Gasteiger partial charge in [0.2, 0.25) is 0 Å². The molecule has 0 fully saturated rings. The van der Waals surface area contributed by atoms with Gasteiger partial charge in [0.25, 0.3) is 0 Å². The fourth-order valence-corrected chi connectivity index (χ4v) is 1.20. The van der Waals surface area contributed by atoms with Crippen molar-refractivity contribution in [1.29, 1.82) is 0 Å². The second kappa shape index (κ2) is 4.98. The minimum absolute atomic E-state index is 0. The maximum absolute atomic E-state index is 2.18. The predicted octanol–water partition coefficient (Wildman–Crippen LogP) is -1.05. The summed E-state index contributed by atoms with van der Waals surface area (Å²) in [6, 6.07) is 8.66. The molecular weight excluding hydrogens is 287 g/mol. The van der Waals surface area contributed by atoms with E-state index in [1.165, 1.54) is 11.4 Å². The summed E-state index contributed by atoms with van der Waals surface area (Å²) >= 11 is 0. The Morgan fingerprint density at radius 3 is 1.64 bits per heavy atom. The van der Waals surface area contributed by atoms with E-state index in [1.807, 2.05) is 0 Å². The molecule has 0 unspecified atom stereocenters. The first-order valence-electron chi connectivity index (χ1n) is 4.50. The van der Waals surface area contributed by atoms with E-state index < -0.39 is 0 Å². The number of nitrogens with zero attached hydrogens (tertiary/aromatic N) is 2. The molecule has 80 valence electrons. The van der Waals surface area contributed by atoms with Gasteiger partial charge in [0.15, 0.2) is 0 Å². The maximum Gasteiger partial charge on any atom is 0.132 e. The highest BCUT2D eigenvalue weighted by molar-refractivity contribution is 5.53. The topological polar surface area (TPSA) is 3.24 Å². The molecule has 0 bridgehead atoms. The van der Waals surface area contributed by atoms with Crippen molar-refractivity contribution in [2.24, 2.45) is 0 Å². The first-order chi connectivity index (χ1) is 5.91. The molecular formula is C11H19IN2. The fourth-order valence-electron chi connectivity index (χ4n) is 1.20. The van der Waals surface area contributed by atoms with Crippen LogP contribution < -0.4 is 33.4 Å². The molecule has 0 heterocycles. The van der Waals surface area contributed by atoms with Gasteiger partial charge < -0.3 is 28.9 Å². The van der Waals surface area contributed by atoms with Crippen LogP contribution in [0.3, 0.4) is 0 Å². The minimum atomic E-state index is 0. The Hall–Kier alpha value is -0.290. The largest absolute Gasteiger partial charge is 1.00 e. The van der Waals surface area contributed by atoms with Crippen molar-refractivity contribution >= 4 is 11.4 Å². The van der Waals surface area contributed by atoms with Crippen molar-refractivity contribution < 1.29 is 24.0 Å². The molecule has 14 heavy (non-hydrogen) atoms. The van der Waals surface area contributed by atoms with Crippen molar-refractivity contribution in [1.82, 2.24) is 4.48 Å². The van der Waals surface area contributed by atoms with Gasteiger partial charge in [0.1, 0.15) is 5.69 Å². The molecule has 0 aliphatic carbocycles. The highest BCUT2D eigenvalue weighted by atomic mass is 127. The van der Waals surface area contributed by atoms with Crippen LogP contribution in [0.1, 0.15) is 0 Å². The first kappa shape index (κ1) is 13.7. The summed E-state index contributed by atoms with van der Waals surface area (Å²) in [5.74, 6) is 0. The molecule has 0 aliphatic rings. The van der Waals surface area contributed by atoms with Gasteiger partial charge in [-0.05, 0) is 12.1 Å². The van der Waals surface area contributed by atoms with E-state index in [0.717, 1.165) is 4.48 Å². The molecule has 0 N–H and O–H groups in total. The van der Waals surface area contributed by atoms with E-state index in [0.29, 0.717) is 0 Å². The lowest BCUT2D eigenvalue weighted by Crippen LogP contribution is -3.00. The molecule has 1 rings (SSSR count). The Kier molecular flexibility index (Phi) is 4.88. The summed E-state index contributed by atoms with van der Waals surface area (Å²) in [6.07, 6.45) is 0. The molecule has 0 amide bonds. The molecule has 0 radical (unpaired) electrons. The van der Waals surface area contributed by atoms with Gasteiger partial charge in [-0.25, -0.2) is 0 Å². The maximum atomic E-state index is 2.18. The van der Waals surface area contributed by atoms with E-state index in [-0.39, 0.29) is 24.0 Å². The van der Waals surface area contributed by atoms with Gasteiger partial charge in [0.05, 0.1) is 21.1 Å². The van der Waals surface area contributed by atoms with E-state index in [4.69, 9.17) is 0 Å². The Morgan fingerprint density at radius 1 is 0.929 bits per heavy atom. The van der Waals surface area contributed by atoms with Crippen LogP contribution in [0.25, 0.3) is 0 Å². The lowest BCUT2D eigenvalue weighted by atomic mass is 10.2. The van der Waals surface area contributed by atoms with Crippen LogP contribution in [0.4, 0.5) is 11.4 Å². The van der Waals surface area contributed by atoms with Crippen molar-refractivity contribution in [3.63, 3.8) is 0 Å². The summed E-state index contributed by atoms with van der Waals surface area (Å²) in [7, 11) is 10.6. The van der Waals surface area contributed by atoms with Crippen LogP contribution in [0, 0.1) is 0 Å². The fraction of sp³-hybridized carbons (Fsp3) is 0.455. The molecule has 1 aromatic carbocycles. The van der Waals surface area contributed by atoms with E-state index >= 15 is 0 Å². The molecule has 0 spiro atoms. The van der Waals surface area contributed by atoms with Gasteiger partial charge in [-0.1, -0.05) is 0 Å². The lowest BCUT2D eigenvalue weighted by Gasteiger charge is -2.24. The van der Waals surface area contributed by atoms with Crippen LogP contribution in [-0.4, -0.2) is 35.2 Å². The monoisotopic (exact) mass is 306 g/mol. The average Bonchev–Trinajstić information content (AvgIpc) is 2.03. The molecule has 2 nitrogen and oxygen atoms in total. The highest BCUT2D eigenvalue weighted by Crippen LogP contribution is 2.20. The summed E-state index contributed by atoms with van der Waals surface area (Å²) in [4.78, 5) is 2.11. The number of hydrogen-bond acceptors (Lipinski definition) is 1. The van der Waals surface area contributed by atoms with Gasteiger partial charge in [0, 0.05) is 31.9 Å². The minimum Gasteiger partial charge on any atom is -1.00 e. The van der Waals surface area contributed by atoms with Crippen molar-refractivity contribution in [3.05, 3.63) is 24.3 Å². The molecule has 0 saturated carbocycles. The van der Waals surface area contributed by atoms with Gasteiger partial charge in [-0.2, -0.15) is 0 Å². The van der Waals surface area contributed by atoms with E-state index in [2.05, 4.69) is 64.4 Å². The zero-order chi connectivity index (χ0) is 10.1. The summed E-state index contributed by atoms with van der Waals surface area (Å²) < 4.78 is 0.869. The van der Waals surface area contributed by atoms with Gasteiger partial charge in [-0.15, -0.1) is 0 Å².